The number of aryl methyl sites for hydroxylation is 1. The normalized spacial score (nSPS) is 10.3. The summed E-state index contributed by atoms with van der Waals surface area (Å²) in [6.07, 6.45) is 1.23. The number of carboxylic acids is 1. The van der Waals surface area contributed by atoms with E-state index in [1.165, 1.54) is 12.3 Å². The molecule has 2 aromatic rings. The standard InChI is InChI=1S/C13H9Cl2NO3/c1-7-4-8(13(17)18)6-16-12(7)19-11-5-9(14)2-3-10(11)15/h2-6H,1H3,(H,17,18). The fourth-order valence-corrected chi connectivity index (χ4v) is 1.76. The van der Waals surface area contributed by atoms with Gasteiger partial charge in [-0.15, -0.1) is 0 Å². The van der Waals surface area contributed by atoms with Gasteiger partial charge in [-0.25, -0.2) is 9.78 Å². The zero-order valence-electron chi connectivity index (χ0n) is 9.85. The van der Waals surface area contributed by atoms with E-state index in [9.17, 15) is 4.79 Å². The third-order valence-corrected chi connectivity index (χ3v) is 2.92. The molecule has 0 spiro atoms. The molecule has 0 amide bonds. The van der Waals surface area contributed by atoms with E-state index in [0.717, 1.165) is 0 Å². The van der Waals surface area contributed by atoms with E-state index in [0.29, 0.717) is 21.4 Å². The fraction of sp³-hybridized carbons (Fsp3) is 0.0769. The smallest absolute Gasteiger partial charge is 0.337 e. The van der Waals surface area contributed by atoms with E-state index in [4.69, 9.17) is 33.0 Å². The number of carbonyl (C=O) groups is 1. The van der Waals surface area contributed by atoms with Crippen molar-refractivity contribution in [3.8, 4) is 11.6 Å². The van der Waals surface area contributed by atoms with Crippen LogP contribution in [0.15, 0.2) is 30.5 Å². The molecule has 98 valence electrons. The Hall–Kier alpha value is -1.78. The second-order valence-corrected chi connectivity index (χ2v) is 4.67. The summed E-state index contributed by atoms with van der Waals surface area (Å²) >= 11 is 11.8. The molecule has 6 heteroatoms. The van der Waals surface area contributed by atoms with Crippen LogP contribution < -0.4 is 4.74 Å². The molecule has 1 aromatic carbocycles. The Kier molecular flexibility index (Phi) is 3.93. The number of rotatable bonds is 3. The maximum atomic E-state index is 10.8. The molecule has 2 rings (SSSR count). The van der Waals surface area contributed by atoms with Crippen molar-refractivity contribution in [2.75, 3.05) is 0 Å². The van der Waals surface area contributed by atoms with Crippen LogP contribution in [0.1, 0.15) is 15.9 Å². The van der Waals surface area contributed by atoms with Crippen molar-refractivity contribution in [1.82, 2.24) is 4.98 Å². The van der Waals surface area contributed by atoms with Crippen LogP contribution in [0.2, 0.25) is 10.0 Å². The minimum absolute atomic E-state index is 0.0991. The average molecular weight is 298 g/mol. The van der Waals surface area contributed by atoms with Crippen LogP contribution in [0.5, 0.6) is 11.6 Å². The molecule has 1 N–H and O–H groups in total. The number of halogens is 2. The van der Waals surface area contributed by atoms with Crippen LogP contribution in [-0.2, 0) is 0 Å². The van der Waals surface area contributed by atoms with Gasteiger partial charge in [-0.3, -0.25) is 0 Å². The van der Waals surface area contributed by atoms with Gasteiger partial charge in [0.25, 0.3) is 0 Å². The molecule has 0 bridgehead atoms. The molecule has 1 heterocycles. The molecule has 0 saturated heterocycles. The van der Waals surface area contributed by atoms with Crippen LogP contribution in [-0.4, -0.2) is 16.1 Å². The van der Waals surface area contributed by atoms with Gasteiger partial charge < -0.3 is 9.84 Å². The van der Waals surface area contributed by atoms with Gasteiger partial charge in [0.1, 0.15) is 5.75 Å². The zero-order chi connectivity index (χ0) is 14.0. The Morgan fingerprint density at radius 2 is 2.05 bits per heavy atom. The molecule has 4 nitrogen and oxygen atoms in total. The van der Waals surface area contributed by atoms with Gasteiger partial charge in [0.05, 0.1) is 10.6 Å². The van der Waals surface area contributed by atoms with Crippen molar-refractivity contribution >= 4 is 29.2 Å². The monoisotopic (exact) mass is 297 g/mol. The van der Waals surface area contributed by atoms with E-state index in [1.807, 2.05) is 0 Å². The first-order valence-electron chi connectivity index (χ1n) is 5.30. The predicted octanol–water partition coefficient (Wildman–Crippen LogP) is 4.19. The SMILES string of the molecule is Cc1cc(C(=O)O)cnc1Oc1cc(Cl)ccc1Cl. The molecule has 0 unspecified atom stereocenters. The summed E-state index contributed by atoms with van der Waals surface area (Å²) in [5.41, 5.74) is 0.693. The molecule has 0 aliphatic rings. The zero-order valence-corrected chi connectivity index (χ0v) is 11.4. The van der Waals surface area contributed by atoms with E-state index < -0.39 is 5.97 Å². The lowest BCUT2D eigenvalue weighted by Gasteiger charge is -2.09. The molecule has 19 heavy (non-hydrogen) atoms. The van der Waals surface area contributed by atoms with Gasteiger partial charge in [0.15, 0.2) is 0 Å². The summed E-state index contributed by atoms with van der Waals surface area (Å²) < 4.78 is 5.54. The first-order chi connectivity index (χ1) is 8.97. The van der Waals surface area contributed by atoms with Crippen molar-refractivity contribution < 1.29 is 14.6 Å². The number of carboxylic acid groups (broad SMARTS) is 1. The predicted molar refractivity (Wildman–Crippen MR) is 72.5 cm³/mol. The fourth-order valence-electron chi connectivity index (χ4n) is 1.45. The van der Waals surface area contributed by atoms with Gasteiger partial charge >= 0.3 is 5.97 Å². The third kappa shape index (κ3) is 3.16. The first kappa shape index (κ1) is 13.6. The molecular weight excluding hydrogens is 289 g/mol. The number of pyridine rings is 1. The number of hydrogen-bond donors (Lipinski definition) is 1. The number of benzene rings is 1. The van der Waals surface area contributed by atoms with Crippen LogP contribution in [0, 0.1) is 6.92 Å². The highest BCUT2D eigenvalue weighted by Gasteiger charge is 2.10. The lowest BCUT2D eigenvalue weighted by molar-refractivity contribution is 0.0696. The van der Waals surface area contributed by atoms with E-state index >= 15 is 0 Å². The topological polar surface area (TPSA) is 59.4 Å². The van der Waals surface area contributed by atoms with E-state index in [2.05, 4.69) is 4.98 Å². The Morgan fingerprint density at radius 3 is 2.68 bits per heavy atom. The number of aromatic nitrogens is 1. The van der Waals surface area contributed by atoms with Crippen LogP contribution in [0.3, 0.4) is 0 Å². The summed E-state index contributed by atoms with van der Waals surface area (Å²) in [5, 5.41) is 9.73. The molecule has 0 aliphatic carbocycles. The van der Waals surface area contributed by atoms with Crippen molar-refractivity contribution in [2.45, 2.75) is 6.92 Å². The lowest BCUT2D eigenvalue weighted by atomic mass is 10.2. The Balaban J connectivity index is 2.33. The second kappa shape index (κ2) is 5.47. The van der Waals surface area contributed by atoms with Gasteiger partial charge in [0, 0.05) is 22.8 Å². The van der Waals surface area contributed by atoms with E-state index in [-0.39, 0.29) is 11.4 Å². The number of hydrogen-bond acceptors (Lipinski definition) is 3. The summed E-state index contributed by atoms with van der Waals surface area (Å²) in [4.78, 5) is 14.8. The summed E-state index contributed by atoms with van der Waals surface area (Å²) in [6, 6.07) is 6.30. The maximum Gasteiger partial charge on any atom is 0.337 e. The minimum Gasteiger partial charge on any atom is -0.478 e. The van der Waals surface area contributed by atoms with Crippen LogP contribution in [0.25, 0.3) is 0 Å². The quantitative estimate of drug-likeness (QED) is 0.923. The average Bonchev–Trinajstić information content (AvgIpc) is 2.36. The Labute approximate surface area is 119 Å². The summed E-state index contributed by atoms with van der Waals surface area (Å²) in [5.74, 6) is -0.384. The molecule has 0 atom stereocenters. The molecule has 0 saturated carbocycles. The van der Waals surface area contributed by atoms with Crippen LogP contribution in [0.4, 0.5) is 0 Å². The van der Waals surface area contributed by atoms with E-state index in [1.54, 1.807) is 25.1 Å². The van der Waals surface area contributed by atoms with Gasteiger partial charge in [-0.05, 0) is 25.1 Å². The summed E-state index contributed by atoms with van der Waals surface area (Å²) in [6.45, 7) is 1.70. The molecule has 0 fully saturated rings. The van der Waals surface area contributed by atoms with Crippen LogP contribution >= 0.6 is 23.2 Å². The highest BCUT2D eigenvalue weighted by atomic mass is 35.5. The number of ether oxygens (including phenoxy) is 1. The molecule has 1 aromatic heterocycles. The van der Waals surface area contributed by atoms with Crippen molar-refractivity contribution in [3.05, 3.63) is 51.6 Å². The van der Waals surface area contributed by atoms with Crippen molar-refractivity contribution in [3.63, 3.8) is 0 Å². The second-order valence-electron chi connectivity index (χ2n) is 3.83. The first-order valence-corrected chi connectivity index (χ1v) is 6.06. The lowest BCUT2D eigenvalue weighted by Crippen LogP contribution is -2.00. The van der Waals surface area contributed by atoms with Crippen molar-refractivity contribution in [2.24, 2.45) is 0 Å². The highest BCUT2D eigenvalue weighted by molar-refractivity contribution is 6.34. The Bertz CT molecular complexity index is 644. The van der Waals surface area contributed by atoms with Gasteiger partial charge in [0.2, 0.25) is 5.88 Å². The highest BCUT2D eigenvalue weighted by Crippen LogP contribution is 2.32. The molecular formula is C13H9Cl2NO3. The summed E-state index contributed by atoms with van der Waals surface area (Å²) in [7, 11) is 0. The largest absolute Gasteiger partial charge is 0.478 e. The van der Waals surface area contributed by atoms with Gasteiger partial charge in [-0.2, -0.15) is 0 Å². The molecule has 0 aliphatic heterocycles. The third-order valence-electron chi connectivity index (χ3n) is 2.38. The van der Waals surface area contributed by atoms with Gasteiger partial charge in [-0.1, -0.05) is 23.2 Å². The number of aromatic carboxylic acids is 1. The minimum atomic E-state index is -1.04. The molecule has 0 radical (unpaired) electrons. The number of nitrogens with zero attached hydrogens (tertiary/aromatic N) is 1. The maximum absolute atomic E-state index is 10.8. The Morgan fingerprint density at radius 1 is 1.32 bits per heavy atom. The van der Waals surface area contributed by atoms with Crippen molar-refractivity contribution in [1.29, 1.82) is 0 Å².